The van der Waals surface area contributed by atoms with Crippen LogP contribution < -0.4 is 14.8 Å². The molecule has 0 aromatic heterocycles. The van der Waals surface area contributed by atoms with Crippen molar-refractivity contribution in [1.82, 2.24) is 15.1 Å². The Balaban J connectivity index is 1.64. The number of esters is 2. The molecule has 2 saturated heterocycles. The normalized spacial score (nSPS) is 16.9. The van der Waals surface area contributed by atoms with Crippen LogP contribution in [0.1, 0.15) is 37.0 Å². The number of carbonyl (C=O) groups is 4. The quantitative estimate of drug-likeness (QED) is 0.320. The van der Waals surface area contributed by atoms with Crippen LogP contribution in [0.4, 0.5) is 0 Å². The lowest BCUT2D eigenvalue weighted by Gasteiger charge is -2.40. The molecule has 1 aromatic carbocycles. The average molecular weight is 506 g/mol. The SMILES string of the molecule is CCOC(=O)COc1ccc(C(=O)CN2CCN(C3CCNCC3)CC2=O)cc1OCC(=O)OCC. The van der Waals surface area contributed by atoms with Crippen molar-refractivity contribution in [2.45, 2.75) is 32.7 Å². The van der Waals surface area contributed by atoms with Crippen LogP contribution in [0.2, 0.25) is 0 Å². The second kappa shape index (κ2) is 13.8. The molecule has 3 rings (SSSR count). The van der Waals surface area contributed by atoms with Crippen LogP contribution in [0, 0.1) is 0 Å². The van der Waals surface area contributed by atoms with Gasteiger partial charge in [0.2, 0.25) is 5.91 Å². The zero-order chi connectivity index (χ0) is 25.9. The summed E-state index contributed by atoms with van der Waals surface area (Å²) in [6.45, 7) is 6.42. The summed E-state index contributed by atoms with van der Waals surface area (Å²) in [5, 5.41) is 3.33. The highest BCUT2D eigenvalue weighted by molar-refractivity contribution is 6.00. The van der Waals surface area contributed by atoms with Gasteiger partial charge in [-0.1, -0.05) is 0 Å². The number of nitrogens with one attached hydrogen (secondary N) is 1. The Bertz CT molecular complexity index is 932. The topological polar surface area (TPSA) is 124 Å². The van der Waals surface area contributed by atoms with Crippen molar-refractivity contribution in [2.75, 3.05) is 65.7 Å². The van der Waals surface area contributed by atoms with Crippen molar-refractivity contribution in [3.63, 3.8) is 0 Å². The smallest absolute Gasteiger partial charge is 0.344 e. The van der Waals surface area contributed by atoms with Gasteiger partial charge in [-0.05, 0) is 58.0 Å². The Labute approximate surface area is 211 Å². The Morgan fingerprint density at radius 1 is 0.944 bits per heavy atom. The molecule has 0 unspecified atom stereocenters. The van der Waals surface area contributed by atoms with E-state index >= 15 is 0 Å². The second-order valence-electron chi connectivity index (χ2n) is 8.54. The van der Waals surface area contributed by atoms with Crippen molar-refractivity contribution in [1.29, 1.82) is 0 Å². The third kappa shape index (κ3) is 7.92. The predicted octanol–water partition coefficient (Wildman–Crippen LogP) is 0.649. The van der Waals surface area contributed by atoms with Crippen LogP contribution >= 0.6 is 0 Å². The molecule has 2 heterocycles. The minimum absolute atomic E-state index is 0.0563. The van der Waals surface area contributed by atoms with Crippen molar-refractivity contribution in [3.8, 4) is 11.5 Å². The van der Waals surface area contributed by atoms with Gasteiger partial charge in [0.15, 0.2) is 30.5 Å². The second-order valence-corrected chi connectivity index (χ2v) is 8.54. The molecule has 198 valence electrons. The van der Waals surface area contributed by atoms with Crippen LogP contribution in [-0.4, -0.2) is 105 Å². The number of piperidine rings is 1. The molecular formula is C25H35N3O8. The highest BCUT2D eigenvalue weighted by Crippen LogP contribution is 2.29. The molecule has 0 atom stereocenters. The maximum atomic E-state index is 13.0. The number of amides is 1. The van der Waals surface area contributed by atoms with E-state index in [2.05, 4.69) is 10.2 Å². The van der Waals surface area contributed by atoms with E-state index in [1.807, 2.05) is 0 Å². The van der Waals surface area contributed by atoms with Crippen molar-refractivity contribution >= 4 is 23.6 Å². The molecule has 0 radical (unpaired) electrons. The van der Waals surface area contributed by atoms with E-state index in [1.54, 1.807) is 18.7 Å². The number of hydrogen-bond acceptors (Lipinski definition) is 10. The van der Waals surface area contributed by atoms with E-state index in [0.717, 1.165) is 32.5 Å². The number of carbonyl (C=O) groups excluding carboxylic acids is 4. The van der Waals surface area contributed by atoms with E-state index in [-0.39, 0.29) is 49.6 Å². The Morgan fingerprint density at radius 3 is 2.19 bits per heavy atom. The first kappa shape index (κ1) is 27.4. The van der Waals surface area contributed by atoms with Gasteiger partial charge in [0.25, 0.3) is 0 Å². The summed E-state index contributed by atoms with van der Waals surface area (Å²) in [6, 6.07) is 4.87. The number of piperazine rings is 1. The lowest BCUT2D eigenvalue weighted by Crippen LogP contribution is -2.56. The molecule has 36 heavy (non-hydrogen) atoms. The minimum atomic E-state index is -0.581. The standard InChI is InChI=1S/C25H35N3O8/c1-3-33-24(31)16-35-21-6-5-18(13-22(21)36-17-25(32)34-4-2)20(29)14-28-12-11-27(15-23(28)30)19-7-9-26-10-8-19/h5-6,13,19,26H,3-4,7-12,14-17H2,1-2H3. The number of nitrogens with zero attached hydrogens (tertiary/aromatic N) is 2. The van der Waals surface area contributed by atoms with E-state index < -0.39 is 18.5 Å². The first-order valence-corrected chi connectivity index (χ1v) is 12.4. The molecule has 1 amide bonds. The van der Waals surface area contributed by atoms with Crippen LogP contribution in [0.15, 0.2) is 18.2 Å². The summed E-state index contributed by atoms with van der Waals surface area (Å²) >= 11 is 0. The van der Waals surface area contributed by atoms with Gasteiger partial charge in [0.1, 0.15) is 0 Å². The largest absolute Gasteiger partial charge is 0.478 e. The molecule has 2 aliphatic rings. The third-order valence-electron chi connectivity index (χ3n) is 6.08. The van der Waals surface area contributed by atoms with E-state index in [0.29, 0.717) is 24.7 Å². The number of hydrogen-bond donors (Lipinski definition) is 1. The average Bonchev–Trinajstić information content (AvgIpc) is 2.88. The van der Waals surface area contributed by atoms with Gasteiger partial charge in [-0.3, -0.25) is 14.5 Å². The van der Waals surface area contributed by atoms with Gasteiger partial charge in [0.05, 0.1) is 26.3 Å². The minimum Gasteiger partial charge on any atom is -0.478 e. The van der Waals surface area contributed by atoms with Crippen LogP contribution in [0.5, 0.6) is 11.5 Å². The summed E-state index contributed by atoms with van der Waals surface area (Å²) in [4.78, 5) is 53.0. The molecule has 1 aromatic rings. The summed E-state index contributed by atoms with van der Waals surface area (Å²) in [5.74, 6) is -1.19. The Morgan fingerprint density at radius 2 is 1.58 bits per heavy atom. The highest BCUT2D eigenvalue weighted by Gasteiger charge is 2.30. The third-order valence-corrected chi connectivity index (χ3v) is 6.08. The van der Waals surface area contributed by atoms with Gasteiger partial charge in [0, 0.05) is 24.7 Å². The fourth-order valence-electron chi connectivity index (χ4n) is 4.23. The molecule has 2 aliphatic heterocycles. The molecule has 2 fully saturated rings. The van der Waals surface area contributed by atoms with Crippen molar-refractivity contribution in [3.05, 3.63) is 23.8 Å². The number of Topliss-reactive ketones (excluding diaryl/α,β-unsaturated/α-hetero) is 1. The van der Waals surface area contributed by atoms with Crippen molar-refractivity contribution < 1.29 is 38.1 Å². The maximum Gasteiger partial charge on any atom is 0.344 e. The van der Waals surface area contributed by atoms with Gasteiger partial charge in [-0.2, -0.15) is 0 Å². The fraction of sp³-hybridized carbons (Fsp3) is 0.600. The zero-order valence-electron chi connectivity index (χ0n) is 21.0. The molecule has 0 bridgehead atoms. The number of ether oxygens (including phenoxy) is 4. The van der Waals surface area contributed by atoms with Crippen LogP contribution in [-0.2, 0) is 23.9 Å². The summed E-state index contributed by atoms with van der Waals surface area (Å²) in [6.07, 6.45) is 2.04. The Hall–Kier alpha value is -3.18. The highest BCUT2D eigenvalue weighted by atomic mass is 16.6. The number of ketones is 1. The fourth-order valence-corrected chi connectivity index (χ4v) is 4.23. The molecular weight excluding hydrogens is 470 g/mol. The lowest BCUT2D eigenvalue weighted by molar-refractivity contribution is -0.146. The molecule has 0 spiro atoms. The number of benzene rings is 1. The van der Waals surface area contributed by atoms with E-state index in [9.17, 15) is 19.2 Å². The Kier molecular flexibility index (Phi) is 10.5. The first-order chi connectivity index (χ1) is 17.4. The molecule has 11 heteroatoms. The molecule has 1 N–H and O–H groups in total. The van der Waals surface area contributed by atoms with Crippen LogP contribution in [0.3, 0.4) is 0 Å². The van der Waals surface area contributed by atoms with Gasteiger partial charge < -0.3 is 29.2 Å². The predicted molar refractivity (Wildman–Crippen MR) is 129 cm³/mol. The lowest BCUT2D eigenvalue weighted by atomic mass is 10.0. The molecule has 11 nitrogen and oxygen atoms in total. The van der Waals surface area contributed by atoms with Gasteiger partial charge >= 0.3 is 11.9 Å². The summed E-state index contributed by atoms with van der Waals surface area (Å²) in [7, 11) is 0. The van der Waals surface area contributed by atoms with Gasteiger partial charge in [-0.15, -0.1) is 0 Å². The van der Waals surface area contributed by atoms with Gasteiger partial charge in [-0.25, -0.2) is 9.59 Å². The summed E-state index contributed by atoms with van der Waals surface area (Å²) in [5.41, 5.74) is 0.297. The zero-order valence-corrected chi connectivity index (χ0v) is 21.0. The molecule has 0 aliphatic carbocycles. The monoisotopic (exact) mass is 505 g/mol. The van der Waals surface area contributed by atoms with Crippen LogP contribution in [0.25, 0.3) is 0 Å². The maximum absolute atomic E-state index is 13.0. The van der Waals surface area contributed by atoms with Crippen molar-refractivity contribution in [2.24, 2.45) is 0 Å². The van der Waals surface area contributed by atoms with E-state index in [1.165, 1.54) is 18.2 Å². The first-order valence-electron chi connectivity index (χ1n) is 12.4. The van der Waals surface area contributed by atoms with E-state index in [4.69, 9.17) is 18.9 Å². The molecule has 0 saturated carbocycles. The summed E-state index contributed by atoms with van der Waals surface area (Å²) < 4.78 is 20.7. The number of rotatable bonds is 12.